The molecule has 1 aromatic heterocycles. The second-order valence-electron chi connectivity index (χ2n) is 6.93. The number of rotatable bonds is 8. The number of carbonyl (C=O) groups excluding carboxylic acids is 1. The Morgan fingerprint density at radius 2 is 2.00 bits per heavy atom. The van der Waals surface area contributed by atoms with E-state index in [2.05, 4.69) is 15.5 Å². The van der Waals surface area contributed by atoms with Crippen LogP contribution in [0.5, 0.6) is 5.75 Å². The van der Waals surface area contributed by atoms with Gasteiger partial charge in [-0.05, 0) is 51.5 Å². The number of aryl methyl sites for hydroxylation is 2. The fraction of sp³-hybridized carbons (Fsp3) is 0.318. The van der Waals surface area contributed by atoms with Crippen molar-refractivity contribution >= 4 is 35.0 Å². The van der Waals surface area contributed by atoms with E-state index in [-0.39, 0.29) is 17.8 Å². The molecular weight excluding hydrogens is 420 g/mol. The van der Waals surface area contributed by atoms with Gasteiger partial charge in [0, 0.05) is 12.2 Å². The summed E-state index contributed by atoms with van der Waals surface area (Å²) in [4.78, 5) is 12.4. The molecule has 1 N–H and O–H groups in total. The SMILES string of the molecule is CCn1c(SCC(=O)Nc2ccc(C)cc2C)nnc1[C@H](C)Oc1ccccc1Cl. The van der Waals surface area contributed by atoms with Crippen LogP contribution in [0.3, 0.4) is 0 Å². The highest BCUT2D eigenvalue weighted by molar-refractivity contribution is 7.99. The fourth-order valence-corrected chi connectivity index (χ4v) is 4.05. The molecule has 1 heterocycles. The van der Waals surface area contributed by atoms with Crippen LogP contribution in [0.4, 0.5) is 5.69 Å². The van der Waals surface area contributed by atoms with Gasteiger partial charge in [-0.25, -0.2) is 0 Å². The summed E-state index contributed by atoms with van der Waals surface area (Å²) in [6.07, 6.45) is -0.337. The Kier molecular flexibility index (Phi) is 7.39. The lowest BCUT2D eigenvalue weighted by molar-refractivity contribution is -0.113. The summed E-state index contributed by atoms with van der Waals surface area (Å²) in [7, 11) is 0. The second-order valence-corrected chi connectivity index (χ2v) is 8.28. The maximum atomic E-state index is 12.4. The smallest absolute Gasteiger partial charge is 0.234 e. The van der Waals surface area contributed by atoms with Crippen LogP contribution in [0.2, 0.25) is 5.02 Å². The number of nitrogens with zero attached hydrogens (tertiary/aromatic N) is 3. The van der Waals surface area contributed by atoms with Crippen molar-refractivity contribution < 1.29 is 9.53 Å². The predicted octanol–water partition coefficient (Wildman–Crippen LogP) is 5.44. The van der Waals surface area contributed by atoms with E-state index in [9.17, 15) is 4.79 Å². The third kappa shape index (κ3) is 5.34. The monoisotopic (exact) mass is 444 g/mol. The maximum absolute atomic E-state index is 12.4. The highest BCUT2D eigenvalue weighted by Crippen LogP contribution is 2.29. The van der Waals surface area contributed by atoms with Crippen molar-refractivity contribution in [2.75, 3.05) is 11.1 Å². The van der Waals surface area contributed by atoms with Gasteiger partial charge in [-0.2, -0.15) is 0 Å². The van der Waals surface area contributed by atoms with Crippen LogP contribution in [0.15, 0.2) is 47.6 Å². The third-order valence-corrected chi connectivity index (χ3v) is 5.83. The van der Waals surface area contributed by atoms with Gasteiger partial charge in [0.25, 0.3) is 0 Å². The Labute approximate surface area is 186 Å². The van der Waals surface area contributed by atoms with Gasteiger partial charge in [0.2, 0.25) is 5.91 Å². The minimum absolute atomic E-state index is 0.0838. The summed E-state index contributed by atoms with van der Waals surface area (Å²) in [5.41, 5.74) is 3.03. The molecule has 0 aliphatic heterocycles. The number of nitrogens with one attached hydrogen (secondary N) is 1. The Hall–Kier alpha value is -2.51. The van der Waals surface area contributed by atoms with Crippen molar-refractivity contribution in [2.45, 2.75) is 45.5 Å². The number of hydrogen-bond acceptors (Lipinski definition) is 5. The number of hydrogen-bond donors (Lipinski definition) is 1. The van der Waals surface area contributed by atoms with Gasteiger partial charge in [-0.15, -0.1) is 10.2 Å². The number of halogens is 1. The molecule has 2 aromatic carbocycles. The Morgan fingerprint density at radius 3 is 2.70 bits per heavy atom. The topological polar surface area (TPSA) is 69.0 Å². The predicted molar refractivity (Wildman–Crippen MR) is 121 cm³/mol. The van der Waals surface area contributed by atoms with Crippen molar-refractivity contribution in [2.24, 2.45) is 0 Å². The number of para-hydroxylation sites is 1. The fourth-order valence-electron chi connectivity index (χ4n) is 3.06. The molecule has 0 aliphatic rings. The zero-order valence-corrected chi connectivity index (χ0v) is 19.0. The summed E-state index contributed by atoms with van der Waals surface area (Å²) in [6, 6.07) is 13.3. The Bertz CT molecular complexity index is 1040. The summed E-state index contributed by atoms with van der Waals surface area (Å²) in [5.74, 6) is 1.44. The van der Waals surface area contributed by atoms with Crippen molar-refractivity contribution in [3.63, 3.8) is 0 Å². The molecule has 6 nitrogen and oxygen atoms in total. The van der Waals surface area contributed by atoms with Gasteiger partial charge in [-0.3, -0.25) is 4.79 Å². The normalized spacial score (nSPS) is 11.9. The lowest BCUT2D eigenvalue weighted by Crippen LogP contribution is -2.16. The molecule has 3 rings (SSSR count). The summed E-state index contributed by atoms with van der Waals surface area (Å²) in [6.45, 7) is 8.59. The molecule has 3 aromatic rings. The third-order valence-electron chi connectivity index (χ3n) is 4.55. The molecule has 0 unspecified atom stereocenters. The molecule has 0 fully saturated rings. The molecule has 30 heavy (non-hydrogen) atoms. The van der Waals surface area contributed by atoms with Crippen molar-refractivity contribution in [3.8, 4) is 5.75 Å². The molecule has 0 spiro atoms. The van der Waals surface area contributed by atoms with Crippen LogP contribution in [0.1, 0.15) is 36.9 Å². The van der Waals surface area contributed by atoms with Gasteiger partial charge in [-0.1, -0.05) is 53.2 Å². The largest absolute Gasteiger partial charge is 0.481 e. The summed E-state index contributed by atoms with van der Waals surface area (Å²) in [5, 5.41) is 12.7. The first kappa shape index (κ1) is 22.2. The summed E-state index contributed by atoms with van der Waals surface area (Å²) < 4.78 is 7.93. The van der Waals surface area contributed by atoms with Crippen molar-refractivity contribution in [3.05, 3.63) is 64.4 Å². The number of benzene rings is 2. The minimum atomic E-state index is -0.337. The van der Waals surface area contributed by atoms with Gasteiger partial charge < -0.3 is 14.6 Å². The lowest BCUT2D eigenvalue weighted by atomic mass is 10.1. The zero-order valence-electron chi connectivity index (χ0n) is 17.5. The molecular formula is C22H25ClN4O2S. The first-order chi connectivity index (χ1) is 14.4. The molecule has 1 amide bonds. The van der Waals surface area contributed by atoms with E-state index < -0.39 is 0 Å². The number of amides is 1. The molecule has 0 radical (unpaired) electrons. The highest BCUT2D eigenvalue weighted by atomic mass is 35.5. The molecule has 1 atom stereocenters. The van der Waals surface area contributed by atoms with Crippen molar-refractivity contribution in [1.29, 1.82) is 0 Å². The van der Waals surface area contributed by atoms with Gasteiger partial charge >= 0.3 is 0 Å². The van der Waals surface area contributed by atoms with E-state index in [1.165, 1.54) is 11.8 Å². The molecule has 0 saturated carbocycles. The van der Waals surface area contributed by atoms with Crippen LogP contribution < -0.4 is 10.1 Å². The van der Waals surface area contributed by atoms with Gasteiger partial charge in [0.1, 0.15) is 5.75 Å². The molecule has 0 aliphatic carbocycles. The first-order valence-electron chi connectivity index (χ1n) is 9.73. The quantitative estimate of drug-likeness (QED) is 0.468. The van der Waals surface area contributed by atoms with Crippen LogP contribution in [-0.4, -0.2) is 26.4 Å². The van der Waals surface area contributed by atoms with Gasteiger partial charge in [0.15, 0.2) is 17.1 Å². The molecule has 158 valence electrons. The standard InChI is InChI=1S/C22H25ClN4O2S/c1-5-27-21(16(4)29-19-9-7-6-8-17(19)23)25-26-22(27)30-13-20(28)24-18-11-10-14(2)12-15(18)3/h6-12,16H,5,13H2,1-4H3,(H,24,28)/t16-/m0/s1. The average molecular weight is 445 g/mol. The Balaban J connectivity index is 1.65. The molecule has 0 bridgehead atoms. The van der Waals surface area contributed by atoms with E-state index in [0.29, 0.717) is 28.3 Å². The van der Waals surface area contributed by atoms with Crippen LogP contribution in [0, 0.1) is 13.8 Å². The van der Waals surface area contributed by atoms with Crippen LogP contribution in [0.25, 0.3) is 0 Å². The molecule has 8 heteroatoms. The van der Waals surface area contributed by atoms with Crippen LogP contribution >= 0.6 is 23.4 Å². The van der Waals surface area contributed by atoms with E-state index in [0.717, 1.165) is 16.8 Å². The van der Waals surface area contributed by atoms with E-state index in [4.69, 9.17) is 16.3 Å². The summed E-state index contributed by atoms with van der Waals surface area (Å²) >= 11 is 7.54. The second kappa shape index (κ2) is 10.00. The lowest BCUT2D eigenvalue weighted by Gasteiger charge is -2.16. The number of thioether (sulfide) groups is 1. The maximum Gasteiger partial charge on any atom is 0.234 e. The Morgan fingerprint density at radius 1 is 1.23 bits per heavy atom. The number of ether oxygens (including phenoxy) is 1. The first-order valence-corrected chi connectivity index (χ1v) is 11.1. The van der Waals surface area contributed by atoms with E-state index >= 15 is 0 Å². The van der Waals surface area contributed by atoms with E-state index in [1.807, 2.05) is 68.7 Å². The number of carbonyl (C=O) groups is 1. The minimum Gasteiger partial charge on any atom is -0.481 e. The molecule has 0 saturated heterocycles. The van der Waals surface area contributed by atoms with Crippen molar-refractivity contribution in [1.82, 2.24) is 14.8 Å². The number of anilines is 1. The zero-order chi connectivity index (χ0) is 21.7. The average Bonchev–Trinajstić information content (AvgIpc) is 3.13. The number of aromatic nitrogens is 3. The van der Waals surface area contributed by atoms with Crippen LogP contribution in [-0.2, 0) is 11.3 Å². The van der Waals surface area contributed by atoms with Gasteiger partial charge in [0.05, 0.1) is 10.8 Å². The van der Waals surface area contributed by atoms with E-state index in [1.54, 1.807) is 6.07 Å². The highest BCUT2D eigenvalue weighted by Gasteiger charge is 2.20.